The summed E-state index contributed by atoms with van der Waals surface area (Å²) in [6, 6.07) is 8.45. The summed E-state index contributed by atoms with van der Waals surface area (Å²) in [6.07, 6.45) is 1.05. The van der Waals surface area contributed by atoms with Crippen molar-refractivity contribution in [1.82, 2.24) is 9.78 Å². The third-order valence-electron chi connectivity index (χ3n) is 3.04. The van der Waals surface area contributed by atoms with Crippen LogP contribution in [0, 0.1) is 20.8 Å². The molecule has 2 nitrogen and oxygen atoms in total. The number of hydrogen-bond donors (Lipinski definition) is 0. The van der Waals surface area contributed by atoms with E-state index in [-0.39, 0.29) is 0 Å². The van der Waals surface area contributed by atoms with E-state index < -0.39 is 0 Å². The molecule has 0 atom stereocenters. The number of aryl methyl sites for hydroxylation is 2. The first-order chi connectivity index (χ1) is 7.63. The van der Waals surface area contributed by atoms with Crippen LogP contribution >= 0.6 is 0 Å². The molecule has 0 N–H and O–H groups in total. The molecule has 0 amide bonds. The van der Waals surface area contributed by atoms with E-state index in [4.69, 9.17) is 0 Å². The van der Waals surface area contributed by atoms with Crippen molar-refractivity contribution in [2.75, 3.05) is 0 Å². The fourth-order valence-corrected chi connectivity index (χ4v) is 2.20. The van der Waals surface area contributed by atoms with Crippen molar-refractivity contribution in [3.05, 3.63) is 46.8 Å². The van der Waals surface area contributed by atoms with Crippen molar-refractivity contribution >= 4 is 0 Å². The summed E-state index contributed by atoms with van der Waals surface area (Å²) in [7, 11) is 0. The summed E-state index contributed by atoms with van der Waals surface area (Å²) >= 11 is 0. The van der Waals surface area contributed by atoms with Crippen LogP contribution in [-0.4, -0.2) is 9.78 Å². The molecular formula is C14H18N2. The largest absolute Gasteiger partial charge is 0.238 e. The molecule has 0 bridgehead atoms. The number of nitrogens with zero attached hydrogens (tertiary/aromatic N) is 2. The molecule has 1 aromatic carbocycles. The topological polar surface area (TPSA) is 17.8 Å². The summed E-state index contributed by atoms with van der Waals surface area (Å²) < 4.78 is 2.04. The minimum absolute atomic E-state index is 1.05. The third kappa shape index (κ3) is 1.75. The minimum Gasteiger partial charge on any atom is -0.238 e. The number of aromatic nitrogens is 2. The Morgan fingerprint density at radius 3 is 2.50 bits per heavy atom. The predicted molar refractivity (Wildman–Crippen MR) is 67.2 cm³/mol. The van der Waals surface area contributed by atoms with Gasteiger partial charge >= 0.3 is 0 Å². The van der Waals surface area contributed by atoms with Gasteiger partial charge in [-0.25, -0.2) is 4.68 Å². The molecule has 2 rings (SSSR count). The van der Waals surface area contributed by atoms with Crippen LogP contribution in [-0.2, 0) is 6.42 Å². The lowest BCUT2D eigenvalue weighted by Gasteiger charge is -2.05. The highest BCUT2D eigenvalue weighted by Crippen LogP contribution is 2.18. The Balaban J connectivity index is 2.56. The van der Waals surface area contributed by atoms with Crippen LogP contribution in [0.15, 0.2) is 24.3 Å². The Morgan fingerprint density at radius 2 is 1.94 bits per heavy atom. The van der Waals surface area contributed by atoms with Crippen LogP contribution in [0.3, 0.4) is 0 Å². The van der Waals surface area contributed by atoms with Crippen molar-refractivity contribution in [2.45, 2.75) is 34.1 Å². The van der Waals surface area contributed by atoms with Gasteiger partial charge in [0.05, 0.1) is 11.4 Å². The van der Waals surface area contributed by atoms with E-state index in [1.54, 1.807) is 0 Å². The second kappa shape index (κ2) is 4.12. The van der Waals surface area contributed by atoms with Gasteiger partial charge in [-0.1, -0.05) is 19.1 Å². The Hall–Kier alpha value is -1.57. The summed E-state index contributed by atoms with van der Waals surface area (Å²) in [6.45, 7) is 8.51. The molecule has 1 aromatic heterocycles. The molecule has 84 valence electrons. The summed E-state index contributed by atoms with van der Waals surface area (Å²) in [5.74, 6) is 0. The van der Waals surface area contributed by atoms with Crippen molar-refractivity contribution < 1.29 is 0 Å². The van der Waals surface area contributed by atoms with Crippen LogP contribution < -0.4 is 0 Å². The zero-order chi connectivity index (χ0) is 11.7. The monoisotopic (exact) mass is 214 g/mol. The normalized spacial score (nSPS) is 10.8. The molecule has 0 saturated heterocycles. The van der Waals surface area contributed by atoms with Crippen LogP contribution in [0.5, 0.6) is 0 Å². The lowest BCUT2D eigenvalue weighted by molar-refractivity contribution is 0.831. The molecule has 0 unspecified atom stereocenters. The van der Waals surface area contributed by atoms with E-state index in [0.29, 0.717) is 0 Å². The highest BCUT2D eigenvalue weighted by Gasteiger charge is 2.10. The molecule has 0 aliphatic rings. The van der Waals surface area contributed by atoms with Gasteiger partial charge in [-0.2, -0.15) is 5.10 Å². The fraction of sp³-hybridized carbons (Fsp3) is 0.357. The molecule has 16 heavy (non-hydrogen) atoms. The van der Waals surface area contributed by atoms with Crippen LogP contribution in [0.2, 0.25) is 0 Å². The first-order valence-electron chi connectivity index (χ1n) is 5.75. The maximum Gasteiger partial charge on any atom is 0.0651 e. The molecular weight excluding hydrogens is 196 g/mol. The van der Waals surface area contributed by atoms with Gasteiger partial charge in [-0.15, -0.1) is 0 Å². The van der Waals surface area contributed by atoms with E-state index in [9.17, 15) is 0 Å². The Kier molecular flexibility index (Phi) is 2.82. The zero-order valence-electron chi connectivity index (χ0n) is 10.4. The van der Waals surface area contributed by atoms with E-state index in [1.807, 2.05) is 4.68 Å². The number of benzene rings is 1. The van der Waals surface area contributed by atoms with Gasteiger partial charge in [0.1, 0.15) is 0 Å². The lowest BCUT2D eigenvalue weighted by Crippen LogP contribution is -1.99. The van der Waals surface area contributed by atoms with Crippen molar-refractivity contribution in [2.24, 2.45) is 0 Å². The minimum atomic E-state index is 1.05. The molecule has 1 heterocycles. The van der Waals surface area contributed by atoms with Crippen molar-refractivity contribution in [3.63, 3.8) is 0 Å². The summed E-state index contributed by atoms with van der Waals surface area (Å²) in [5.41, 5.74) is 6.18. The van der Waals surface area contributed by atoms with Gasteiger partial charge in [0.15, 0.2) is 0 Å². The SMILES string of the molecule is CCc1c(C)nn(-c2cccc(C)c2)c1C. The third-order valence-corrected chi connectivity index (χ3v) is 3.04. The van der Waals surface area contributed by atoms with E-state index in [0.717, 1.165) is 17.8 Å². The average Bonchev–Trinajstić information content (AvgIpc) is 2.54. The van der Waals surface area contributed by atoms with Crippen LogP contribution in [0.1, 0.15) is 29.4 Å². The molecule has 2 aromatic rings. The zero-order valence-corrected chi connectivity index (χ0v) is 10.4. The van der Waals surface area contributed by atoms with Crippen LogP contribution in [0.25, 0.3) is 5.69 Å². The quantitative estimate of drug-likeness (QED) is 0.749. The second-order valence-electron chi connectivity index (χ2n) is 4.25. The van der Waals surface area contributed by atoms with Crippen LogP contribution in [0.4, 0.5) is 0 Å². The second-order valence-corrected chi connectivity index (χ2v) is 4.25. The fourth-order valence-electron chi connectivity index (χ4n) is 2.20. The maximum atomic E-state index is 4.61. The Morgan fingerprint density at radius 1 is 1.19 bits per heavy atom. The van der Waals surface area contributed by atoms with Gasteiger partial charge in [0.25, 0.3) is 0 Å². The van der Waals surface area contributed by atoms with Crippen molar-refractivity contribution in [1.29, 1.82) is 0 Å². The highest BCUT2D eigenvalue weighted by molar-refractivity contribution is 5.39. The van der Waals surface area contributed by atoms with Gasteiger partial charge in [0, 0.05) is 5.69 Å². The Bertz CT molecular complexity index is 509. The first kappa shape index (κ1) is 10.9. The van der Waals surface area contributed by atoms with Gasteiger partial charge in [-0.3, -0.25) is 0 Å². The van der Waals surface area contributed by atoms with Gasteiger partial charge in [-0.05, 0) is 50.5 Å². The highest BCUT2D eigenvalue weighted by atomic mass is 15.3. The molecule has 0 radical (unpaired) electrons. The van der Waals surface area contributed by atoms with Gasteiger partial charge in [0.2, 0.25) is 0 Å². The van der Waals surface area contributed by atoms with E-state index in [1.165, 1.54) is 16.8 Å². The predicted octanol–water partition coefficient (Wildman–Crippen LogP) is 3.36. The first-order valence-corrected chi connectivity index (χ1v) is 5.75. The van der Waals surface area contributed by atoms with Gasteiger partial charge < -0.3 is 0 Å². The molecule has 0 aliphatic heterocycles. The van der Waals surface area contributed by atoms with E-state index in [2.05, 4.69) is 57.1 Å². The summed E-state index contributed by atoms with van der Waals surface area (Å²) in [5, 5.41) is 4.61. The molecule has 0 spiro atoms. The molecule has 0 saturated carbocycles. The van der Waals surface area contributed by atoms with E-state index >= 15 is 0 Å². The molecule has 0 aliphatic carbocycles. The molecule has 0 fully saturated rings. The standard InChI is InChI=1S/C14H18N2/c1-5-14-11(3)15-16(12(14)4)13-8-6-7-10(2)9-13/h6-9H,5H2,1-4H3. The Labute approximate surface area is 96.9 Å². The average molecular weight is 214 g/mol. The number of rotatable bonds is 2. The maximum absolute atomic E-state index is 4.61. The number of hydrogen-bond acceptors (Lipinski definition) is 1. The molecule has 2 heteroatoms. The summed E-state index contributed by atoms with van der Waals surface area (Å²) in [4.78, 5) is 0. The smallest absolute Gasteiger partial charge is 0.0651 e. The lowest BCUT2D eigenvalue weighted by atomic mass is 10.1. The van der Waals surface area contributed by atoms with Crippen molar-refractivity contribution in [3.8, 4) is 5.69 Å².